The molecular weight excluding hydrogens is 275 g/mol. The molecule has 0 unspecified atom stereocenters. The van der Waals surface area contributed by atoms with E-state index in [4.69, 9.17) is 0 Å². The number of benzene rings is 2. The summed E-state index contributed by atoms with van der Waals surface area (Å²) in [7, 11) is 0. The lowest BCUT2D eigenvalue weighted by Gasteiger charge is -1.96. The molecule has 1 aromatic heterocycles. The number of hydrogen-bond acceptors (Lipinski definition) is 1. The van der Waals surface area contributed by atoms with Crippen molar-refractivity contribution in [3.63, 3.8) is 0 Å². The highest BCUT2D eigenvalue weighted by Crippen LogP contribution is 2.38. The summed E-state index contributed by atoms with van der Waals surface area (Å²) in [6.45, 7) is 0. The van der Waals surface area contributed by atoms with E-state index in [2.05, 4.69) is 22.0 Å². The predicted octanol–water partition coefficient (Wildman–Crippen LogP) is 4.96. The van der Waals surface area contributed by atoms with Crippen molar-refractivity contribution in [3.8, 4) is 0 Å². The molecule has 0 saturated carbocycles. The van der Waals surface area contributed by atoms with Crippen LogP contribution in [0.2, 0.25) is 0 Å². The molecule has 3 rings (SSSR count). The van der Waals surface area contributed by atoms with Gasteiger partial charge in [-0.2, -0.15) is 0 Å². The Labute approximate surface area is 98.5 Å². The minimum Gasteiger partial charge on any atom is -0.206 e. The van der Waals surface area contributed by atoms with E-state index in [0.29, 0.717) is 4.47 Å². The first-order chi connectivity index (χ1) is 7.27. The highest BCUT2D eigenvalue weighted by molar-refractivity contribution is 9.10. The number of rotatable bonds is 0. The monoisotopic (exact) mass is 280 g/mol. The molecule has 0 aliphatic rings. The lowest BCUT2D eigenvalue weighted by atomic mass is 10.1. The summed E-state index contributed by atoms with van der Waals surface area (Å²) in [5.74, 6) is -0.203. The molecule has 1 heterocycles. The van der Waals surface area contributed by atoms with E-state index in [9.17, 15) is 4.39 Å². The maximum atomic E-state index is 13.4. The second kappa shape index (κ2) is 3.29. The molecule has 0 radical (unpaired) electrons. The normalized spacial score (nSPS) is 11.3. The summed E-state index contributed by atoms with van der Waals surface area (Å²) >= 11 is 5.00. The highest BCUT2D eigenvalue weighted by Gasteiger charge is 2.10. The maximum absolute atomic E-state index is 13.4. The Morgan fingerprint density at radius 3 is 2.67 bits per heavy atom. The van der Waals surface area contributed by atoms with Crippen molar-refractivity contribution in [1.82, 2.24) is 0 Å². The van der Waals surface area contributed by atoms with Crippen molar-refractivity contribution in [2.24, 2.45) is 0 Å². The Balaban J connectivity index is 2.63. The first kappa shape index (κ1) is 9.31. The van der Waals surface area contributed by atoms with Crippen molar-refractivity contribution in [1.29, 1.82) is 0 Å². The minimum atomic E-state index is -0.203. The van der Waals surface area contributed by atoms with Crippen molar-refractivity contribution >= 4 is 47.4 Å². The molecule has 0 aliphatic carbocycles. The van der Waals surface area contributed by atoms with E-state index >= 15 is 0 Å². The van der Waals surface area contributed by atoms with Gasteiger partial charge in [-0.1, -0.05) is 18.2 Å². The third kappa shape index (κ3) is 1.30. The van der Waals surface area contributed by atoms with Crippen LogP contribution in [0.3, 0.4) is 0 Å². The van der Waals surface area contributed by atoms with E-state index < -0.39 is 0 Å². The van der Waals surface area contributed by atoms with Gasteiger partial charge < -0.3 is 0 Å². The lowest BCUT2D eigenvalue weighted by Crippen LogP contribution is -1.76. The van der Waals surface area contributed by atoms with Crippen LogP contribution >= 0.6 is 27.3 Å². The lowest BCUT2D eigenvalue weighted by molar-refractivity contribution is 0.623. The van der Waals surface area contributed by atoms with Crippen LogP contribution in [0, 0.1) is 5.82 Å². The third-order valence-corrected chi connectivity index (χ3v) is 4.34. The van der Waals surface area contributed by atoms with Crippen LogP contribution in [-0.4, -0.2) is 0 Å². The fraction of sp³-hybridized carbons (Fsp3) is 0. The Kier molecular flexibility index (Phi) is 2.04. The van der Waals surface area contributed by atoms with Gasteiger partial charge in [-0.15, -0.1) is 11.3 Å². The Hall–Kier alpha value is -0.930. The summed E-state index contributed by atoms with van der Waals surface area (Å²) in [5.41, 5.74) is 0. The van der Waals surface area contributed by atoms with Crippen molar-refractivity contribution in [3.05, 3.63) is 46.7 Å². The van der Waals surface area contributed by atoms with Gasteiger partial charge in [-0.3, -0.25) is 0 Å². The van der Waals surface area contributed by atoms with Crippen LogP contribution in [0.5, 0.6) is 0 Å². The molecular formula is C12H6BrFS. The topological polar surface area (TPSA) is 0 Å². The van der Waals surface area contributed by atoms with E-state index in [-0.39, 0.29) is 5.82 Å². The van der Waals surface area contributed by atoms with E-state index in [1.54, 1.807) is 11.3 Å². The Morgan fingerprint density at radius 1 is 1.00 bits per heavy atom. The predicted molar refractivity (Wildman–Crippen MR) is 67.0 cm³/mol. The summed E-state index contributed by atoms with van der Waals surface area (Å²) in [5, 5.41) is 2.10. The molecule has 2 aromatic carbocycles. The molecule has 15 heavy (non-hydrogen) atoms. The van der Waals surface area contributed by atoms with Gasteiger partial charge in [0.1, 0.15) is 5.82 Å². The number of fused-ring (bicyclic) bond motifs is 3. The van der Waals surface area contributed by atoms with Gasteiger partial charge >= 0.3 is 0 Å². The second-order valence-corrected chi connectivity index (χ2v) is 5.21. The zero-order valence-electron chi connectivity index (χ0n) is 7.63. The van der Waals surface area contributed by atoms with Gasteiger partial charge in [-0.25, -0.2) is 4.39 Å². The van der Waals surface area contributed by atoms with Crippen molar-refractivity contribution < 1.29 is 4.39 Å². The average Bonchev–Trinajstić information content (AvgIpc) is 2.62. The highest BCUT2D eigenvalue weighted by atomic mass is 79.9. The zero-order chi connectivity index (χ0) is 10.4. The molecule has 0 saturated heterocycles. The smallest absolute Gasteiger partial charge is 0.138 e. The quantitative estimate of drug-likeness (QED) is 0.546. The van der Waals surface area contributed by atoms with Gasteiger partial charge in [0.05, 0.1) is 4.47 Å². The first-order valence-corrected chi connectivity index (χ1v) is 6.13. The number of halogens is 2. The molecule has 0 atom stereocenters. The van der Waals surface area contributed by atoms with Crippen LogP contribution in [0.4, 0.5) is 4.39 Å². The van der Waals surface area contributed by atoms with Crippen LogP contribution in [0.15, 0.2) is 40.9 Å². The Morgan fingerprint density at radius 2 is 1.80 bits per heavy atom. The molecule has 0 bridgehead atoms. The fourth-order valence-electron chi connectivity index (χ4n) is 1.75. The molecule has 3 aromatic rings. The van der Waals surface area contributed by atoms with Gasteiger partial charge in [0, 0.05) is 20.2 Å². The first-order valence-electron chi connectivity index (χ1n) is 4.52. The molecule has 0 aliphatic heterocycles. The van der Waals surface area contributed by atoms with Gasteiger partial charge in [0.25, 0.3) is 0 Å². The van der Waals surface area contributed by atoms with Gasteiger partial charge in [0.2, 0.25) is 0 Å². The zero-order valence-corrected chi connectivity index (χ0v) is 10.0. The molecule has 3 heteroatoms. The fourth-order valence-corrected chi connectivity index (χ4v) is 3.55. The van der Waals surface area contributed by atoms with Gasteiger partial charge in [-0.05, 0) is 34.1 Å². The largest absolute Gasteiger partial charge is 0.206 e. The average molecular weight is 281 g/mol. The molecule has 0 N–H and O–H groups in total. The molecule has 74 valence electrons. The molecule has 0 spiro atoms. The van der Waals surface area contributed by atoms with E-state index in [0.717, 1.165) is 15.5 Å². The second-order valence-electron chi connectivity index (χ2n) is 3.33. The summed E-state index contributed by atoms with van der Waals surface area (Å²) in [4.78, 5) is 0. The SMILES string of the molecule is Fc1ccc2sc3ccccc3c2c1Br. The van der Waals surface area contributed by atoms with Crippen LogP contribution < -0.4 is 0 Å². The number of thiophene rings is 1. The van der Waals surface area contributed by atoms with Gasteiger partial charge in [0.15, 0.2) is 0 Å². The summed E-state index contributed by atoms with van der Waals surface area (Å²) in [6.07, 6.45) is 0. The van der Waals surface area contributed by atoms with Crippen LogP contribution in [0.25, 0.3) is 20.2 Å². The van der Waals surface area contributed by atoms with Crippen LogP contribution in [0.1, 0.15) is 0 Å². The van der Waals surface area contributed by atoms with E-state index in [1.807, 2.05) is 24.3 Å². The molecule has 0 fully saturated rings. The molecule has 0 nitrogen and oxygen atoms in total. The van der Waals surface area contributed by atoms with Crippen LogP contribution in [-0.2, 0) is 0 Å². The standard InChI is InChI=1S/C12H6BrFS/c13-12-8(14)5-6-10-11(12)7-3-1-2-4-9(7)15-10/h1-6H. The van der Waals surface area contributed by atoms with E-state index in [1.165, 1.54) is 10.8 Å². The minimum absolute atomic E-state index is 0.203. The Bertz CT molecular complexity index is 657. The summed E-state index contributed by atoms with van der Waals surface area (Å²) in [6, 6.07) is 11.4. The number of hydrogen-bond donors (Lipinski definition) is 0. The summed E-state index contributed by atoms with van der Waals surface area (Å²) < 4.78 is 16.3. The molecule has 0 amide bonds. The third-order valence-electron chi connectivity index (χ3n) is 2.43. The maximum Gasteiger partial charge on any atom is 0.138 e. The van der Waals surface area contributed by atoms with Crippen molar-refractivity contribution in [2.45, 2.75) is 0 Å². The van der Waals surface area contributed by atoms with Crippen molar-refractivity contribution in [2.75, 3.05) is 0 Å².